The molecule has 0 heterocycles. The van der Waals surface area contributed by atoms with E-state index < -0.39 is 15.6 Å². The van der Waals surface area contributed by atoms with Crippen LogP contribution in [-0.2, 0) is 16.6 Å². The topological polar surface area (TPSA) is 58.2 Å². The van der Waals surface area contributed by atoms with Crippen molar-refractivity contribution in [3.8, 4) is 0 Å². The minimum absolute atomic E-state index is 0.336. The first kappa shape index (κ1) is 18.1. The van der Waals surface area contributed by atoms with Crippen LogP contribution in [0.3, 0.4) is 0 Å². The van der Waals surface area contributed by atoms with Crippen LogP contribution in [0.5, 0.6) is 0 Å². The number of benzene rings is 1. The highest BCUT2D eigenvalue weighted by Gasteiger charge is 2.25. The number of nitrogens with one attached hydrogen (secondary N) is 2. The van der Waals surface area contributed by atoms with E-state index in [0.717, 1.165) is 31.4 Å². The van der Waals surface area contributed by atoms with Crippen molar-refractivity contribution < 1.29 is 8.42 Å². The second-order valence-electron chi connectivity index (χ2n) is 6.06. The molecule has 0 aliphatic rings. The third kappa shape index (κ3) is 6.16. The molecule has 1 rings (SSSR count). The lowest BCUT2D eigenvalue weighted by molar-refractivity contribution is 0.417. The summed E-state index contributed by atoms with van der Waals surface area (Å²) in [5, 5.41) is 3.28. The number of hydrogen-bond donors (Lipinski definition) is 2. The van der Waals surface area contributed by atoms with Crippen LogP contribution in [0, 0.1) is 0 Å². The fourth-order valence-electron chi connectivity index (χ4n) is 2.33. The molecule has 0 bridgehead atoms. The van der Waals surface area contributed by atoms with Crippen molar-refractivity contribution in [1.82, 2.24) is 10.0 Å². The number of rotatable bonds is 9. The summed E-state index contributed by atoms with van der Waals surface area (Å²) in [5.41, 5.74) is 0.559. The normalized spacial score (nSPS) is 12.6. The summed E-state index contributed by atoms with van der Waals surface area (Å²) in [7, 11) is -3.47. The lowest BCUT2D eigenvalue weighted by Crippen LogP contribution is -2.43. The van der Waals surface area contributed by atoms with E-state index >= 15 is 0 Å². The van der Waals surface area contributed by atoms with Crippen molar-refractivity contribution in [2.24, 2.45) is 0 Å². The van der Waals surface area contributed by atoms with Crippen molar-refractivity contribution in [1.29, 1.82) is 0 Å². The number of hydrogen-bond acceptors (Lipinski definition) is 3. The zero-order valence-electron chi connectivity index (χ0n) is 13.6. The molecule has 0 amide bonds. The van der Waals surface area contributed by atoms with E-state index in [1.165, 1.54) is 0 Å². The van der Waals surface area contributed by atoms with Gasteiger partial charge in [-0.3, -0.25) is 0 Å². The molecule has 21 heavy (non-hydrogen) atoms. The molecule has 1 aromatic rings. The van der Waals surface area contributed by atoms with Crippen LogP contribution in [-0.4, -0.2) is 20.5 Å². The molecule has 5 heteroatoms. The molecule has 0 aliphatic heterocycles. The Kier molecular flexibility index (Phi) is 6.84. The van der Waals surface area contributed by atoms with Gasteiger partial charge in [0.05, 0.1) is 4.90 Å². The van der Waals surface area contributed by atoms with Crippen LogP contribution in [0.4, 0.5) is 0 Å². The average Bonchev–Trinajstić information content (AvgIpc) is 2.38. The molecule has 0 atom stereocenters. The second kappa shape index (κ2) is 7.92. The van der Waals surface area contributed by atoms with Gasteiger partial charge in [-0.15, -0.1) is 0 Å². The first-order valence-corrected chi connectivity index (χ1v) is 9.12. The minimum Gasteiger partial charge on any atom is -0.313 e. The zero-order valence-corrected chi connectivity index (χ0v) is 14.4. The van der Waals surface area contributed by atoms with Crippen molar-refractivity contribution in [3.05, 3.63) is 29.8 Å². The fourth-order valence-corrected chi connectivity index (χ4v) is 3.84. The summed E-state index contributed by atoms with van der Waals surface area (Å²) in [4.78, 5) is 0.336. The Balaban J connectivity index is 2.86. The molecule has 0 aromatic heterocycles. The number of sulfonamides is 1. The van der Waals surface area contributed by atoms with E-state index in [1.54, 1.807) is 18.2 Å². The smallest absolute Gasteiger partial charge is 0.241 e. The van der Waals surface area contributed by atoms with Crippen molar-refractivity contribution >= 4 is 10.0 Å². The predicted molar refractivity (Wildman–Crippen MR) is 87.7 cm³/mol. The summed E-state index contributed by atoms with van der Waals surface area (Å²) in [5.74, 6) is 0. The second-order valence-corrected chi connectivity index (χ2v) is 7.75. The van der Waals surface area contributed by atoms with Gasteiger partial charge in [-0.1, -0.05) is 32.4 Å². The Bertz CT molecular complexity index is 539. The van der Waals surface area contributed by atoms with Gasteiger partial charge >= 0.3 is 0 Å². The molecule has 0 saturated carbocycles. The highest BCUT2D eigenvalue weighted by molar-refractivity contribution is 7.89. The van der Waals surface area contributed by atoms with Gasteiger partial charge in [-0.2, -0.15) is 0 Å². The summed E-state index contributed by atoms with van der Waals surface area (Å²) in [6.45, 7) is 9.61. The minimum atomic E-state index is -3.47. The largest absolute Gasteiger partial charge is 0.313 e. The first-order valence-electron chi connectivity index (χ1n) is 7.64. The molecule has 0 radical (unpaired) electrons. The van der Waals surface area contributed by atoms with E-state index in [1.807, 2.05) is 19.9 Å². The molecule has 4 nitrogen and oxygen atoms in total. The Labute approximate surface area is 129 Å². The maximum absolute atomic E-state index is 12.5. The van der Waals surface area contributed by atoms with Crippen LogP contribution in [0.15, 0.2) is 29.2 Å². The van der Waals surface area contributed by atoms with E-state index in [0.29, 0.717) is 11.4 Å². The average molecular weight is 312 g/mol. The van der Waals surface area contributed by atoms with Gasteiger partial charge in [-0.05, 0) is 50.9 Å². The standard InChI is InChI=1S/C16H28N2O2S/c1-5-10-16(3,4)18-21(19,20)15-9-7-8-14(12-15)13-17-11-6-2/h7-9,12,17-18H,5-6,10-11,13H2,1-4H3. The summed E-state index contributed by atoms with van der Waals surface area (Å²) in [6.07, 6.45) is 2.81. The molecule has 0 fully saturated rings. The Morgan fingerprint density at radius 2 is 1.86 bits per heavy atom. The lowest BCUT2D eigenvalue weighted by Gasteiger charge is -2.25. The fraction of sp³-hybridized carbons (Fsp3) is 0.625. The van der Waals surface area contributed by atoms with E-state index in [-0.39, 0.29) is 0 Å². The quantitative estimate of drug-likeness (QED) is 0.689. The van der Waals surface area contributed by atoms with Crippen LogP contribution in [0.2, 0.25) is 0 Å². The van der Waals surface area contributed by atoms with E-state index in [9.17, 15) is 8.42 Å². The Hall–Kier alpha value is -0.910. The molecular weight excluding hydrogens is 284 g/mol. The molecular formula is C16H28N2O2S. The van der Waals surface area contributed by atoms with Crippen LogP contribution in [0.25, 0.3) is 0 Å². The summed E-state index contributed by atoms with van der Waals surface area (Å²) in [6, 6.07) is 7.13. The molecule has 0 unspecified atom stereocenters. The Morgan fingerprint density at radius 3 is 2.48 bits per heavy atom. The first-order chi connectivity index (χ1) is 9.80. The monoisotopic (exact) mass is 312 g/mol. The molecule has 120 valence electrons. The zero-order chi connectivity index (χ0) is 15.9. The lowest BCUT2D eigenvalue weighted by atomic mass is 10.0. The van der Waals surface area contributed by atoms with Crippen LogP contribution in [0.1, 0.15) is 52.5 Å². The van der Waals surface area contributed by atoms with E-state index in [4.69, 9.17) is 0 Å². The molecule has 0 aliphatic carbocycles. The molecule has 0 saturated heterocycles. The van der Waals surface area contributed by atoms with Gasteiger partial charge in [0, 0.05) is 12.1 Å². The summed E-state index contributed by atoms with van der Waals surface area (Å²) < 4.78 is 27.7. The Morgan fingerprint density at radius 1 is 1.14 bits per heavy atom. The van der Waals surface area contributed by atoms with Gasteiger partial charge in [0.25, 0.3) is 0 Å². The molecule has 2 N–H and O–H groups in total. The molecule has 0 spiro atoms. The predicted octanol–water partition coefficient (Wildman–Crippen LogP) is 3.04. The van der Waals surface area contributed by atoms with Crippen molar-refractivity contribution in [3.63, 3.8) is 0 Å². The highest BCUT2D eigenvalue weighted by atomic mass is 32.2. The third-order valence-corrected chi connectivity index (χ3v) is 4.95. The van der Waals surface area contributed by atoms with Crippen molar-refractivity contribution in [2.45, 2.75) is 63.9 Å². The highest BCUT2D eigenvalue weighted by Crippen LogP contribution is 2.18. The van der Waals surface area contributed by atoms with Crippen LogP contribution >= 0.6 is 0 Å². The van der Waals surface area contributed by atoms with Gasteiger partial charge in [0.2, 0.25) is 10.0 Å². The maximum atomic E-state index is 12.5. The maximum Gasteiger partial charge on any atom is 0.241 e. The van der Waals surface area contributed by atoms with E-state index in [2.05, 4.69) is 23.9 Å². The van der Waals surface area contributed by atoms with Crippen LogP contribution < -0.4 is 10.0 Å². The SMILES string of the molecule is CCCNCc1cccc(S(=O)(=O)NC(C)(C)CCC)c1. The van der Waals surface area contributed by atoms with Gasteiger partial charge in [0.15, 0.2) is 0 Å². The summed E-state index contributed by atoms with van der Waals surface area (Å²) >= 11 is 0. The van der Waals surface area contributed by atoms with Gasteiger partial charge in [-0.25, -0.2) is 13.1 Å². The van der Waals surface area contributed by atoms with Gasteiger partial charge < -0.3 is 5.32 Å². The third-order valence-electron chi connectivity index (χ3n) is 3.25. The van der Waals surface area contributed by atoms with Gasteiger partial charge in [0.1, 0.15) is 0 Å². The molecule has 1 aromatic carbocycles. The van der Waals surface area contributed by atoms with Crippen molar-refractivity contribution in [2.75, 3.05) is 6.54 Å².